The smallest absolute Gasteiger partial charge is 0.575 e. The monoisotopic (exact) mass is 546 g/mol. The van der Waals surface area contributed by atoms with Gasteiger partial charge in [0.15, 0.2) is 0 Å². The fourth-order valence-electron chi connectivity index (χ4n) is 3.47. The third-order valence-corrected chi connectivity index (χ3v) is 5.57. The summed E-state index contributed by atoms with van der Waals surface area (Å²) in [4.78, 5) is 35.5. The molecule has 0 aliphatic carbocycles. The Balaban J connectivity index is 2.24. The molecule has 0 aromatic carbocycles. The molecule has 10 heteroatoms. The Morgan fingerprint density at radius 3 is 2.15 bits per heavy atom. The maximum atomic E-state index is 12.0. The Kier molecular flexibility index (Phi) is 17.5. The van der Waals surface area contributed by atoms with E-state index in [1.54, 1.807) is 0 Å². The Bertz CT molecular complexity index is 922. The molecule has 1 aliphatic rings. The van der Waals surface area contributed by atoms with E-state index in [0.717, 1.165) is 51.4 Å². The lowest BCUT2D eigenvalue weighted by Gasteiger charge is -2.17. The first-order valence-electron chi connectivity index (χ1n) is 13.3. The number of rotatable bonds is 20. The second kappa shape index (κ2) is 20.4. The predicted molar refractivity (Wildman–Crippen MR) is 135 cm³/mol. The minimum absolute atomic E-state index is 0.165. The number of cyclic esters (lactones) is 1. The van der Waals surface area contributed by atoms with Crippen LogP contribution in [0.25, 0.3) is 0 Å². The average molecular weight is 547 g/mol. The summed E-state index contributed by atoms with van der Waals surface area (Å²) in [6, 6.07) is 0. The van der Waals surface area contributed by atoms with Crippen molar-refractivity contribution in [1.82, 2.24) is 0 Å². The van der Waals surface area contributed by atoms with Crippen LogP contribution in [0, 0.1) is 24.9 Å². The number of Topliss-reactive ketones (excluding diaryl/α,β-unsaturated/α-hetero) is 2. The highest BCUT2D eigenvalue weighted by Gasteiger charge is 2.41. The van der Waals surface area contributed by atoms with Gasteiger partial charge in [-0.15, -0.1) is 11.8 Å². The summed E-state index contributed by atoms with van der Waals surface area (Å²) in [5.41, 5.74) is 0. The van der Waals surface area contributed by atoms with Gasteiger partial charge in [0.25, 0.3) is 6.61 Å². The highest BCUT2D eigenvalue weighted by Crippen LogP contribution is 2.13. The van der Waals surface area contributed by atoms with Crippen LogP contribution in [0.1, 0.15) is 89.9 Å². The molecule has 39 heavy (non-hydrogen) atoms. The van der Waals surface area contributed by atoms with Gasteiger partial charge in [-0.25, -0.2) is 0 Å². The van der Waals surface area contributed by atoms with Crippen LogP contribution in [0.5, 0.6) is 0 Å². The van der Waals surface area contributed by atoms with Gasteiger partial charge < -0.3 is 24.8 Å². The minimum atomic E-state index is -1.47. The highest BCUT2D eigenvalue weighted by molar-refractivity contribution is 6.66. The molecular weight excluding hydrogens is 508 g/mol. The molecule has 0 saturated heterocycles. The quantitative estimate of drug-likeness (QED) is 0.0418. The molecule has 0 aromatic rings. The van der Waals surface area contributed by atoms with E-state index < -0.39 is 60.8 Å². The molecule has 0 aromatic heterocycles. The maximum absolute atomic E-state index is 12.0. The molecule has 10 nitrogen and oxygen atoms in total. The second-order valence-electron chi connectivity index (χ2n) is 8.90. The van der Waals surface area contributed by atoms with Crippen molar-refractivity contribution in [1.29, 1.82) is 0 Å². The molecule has 0 bridgehead atoms. The van der Waals surface area contributed by atoms with Gasteiger partial charge in [0.05, 0.1) is 19.3 Å². The number of hydrogen-bond acceptors (Lipinski definition) is 9. The van der Waals surface area contributed by atoms with Gasteiger partial charge in [0.1, 0.15) is 0 Å². The first kappa shape index (κ1) is 33.4. The third kappa shape index (κ3) is 14.8. The topological polar surface area (TPSA) is 159 Å². The molecule has 1 aliphatic heterocycles. The van der Waals surface area contributed by atoms with Crippen molar-refractivity contribution < 1.29 is 48.3 Å². The van der Waals surface area contributed by atoms with Crippen molar-refractivity contribution in [2.75, 3.05) is 19.8 Å². The van der Waals surface area contributed by atoms with E-state index in [0.29, 0.717) is 6.42 Å². The molecule has 0 radical (unpaired) electrons. The van der Waals surface area contributed by atoms with Gasteiger partial charge in [-0.1, -0.05) is 38.7 Å². The summed E-state index contributed by atoms with van der Waals surface area (Å²) in [7, 11) is 0. The molecule has 1 heterocycles. The van der Waals surface area contributed by atoms with Crippen molar-refractivity contribution in [3.8, 4) is 11.8 Å². The molecule has 0 atom stereocenters. The van der Waals surface area contributed by atoms with Gasteiger partial charge in [-0.2, -0.15) is 0 Å². The Hall–Kier alpha value is -3.58. The lowest BCUT2D eigenvalue weighted by molar-refractivity contribution is -0.472. The zero-order chi connectivity index (χ0) is 28.9. The van der Waals surface area contributed by atoms with E-state index in [2.05, 4.69) is 25.3 Å². The molecule has 0 N–H and O–H groups in total. The summed E-state index contributed by atoms with van der Waals surface area (Å²) < 4.78 is 19.6. The summed E-state index contributed by atoms with van der Waals surface area (Å²) in [5, 5.41) is 33.6. The summed E-state index contributed by atoms with van der Waals surface area (Å²) in [5.74, 6) is -0.937. The minimum Gasteiger partial charge on any atom is -0.866 e. The van der Waals surface area contributed by atoms with Crippen LogP contribution in [0.15, 0.2) is 24.0 Å². The standard InChI is InChI=1S/C29H38O10/c1-3-4-5-6-7-8-9-10-11-12-13-14-15-16-17-18-25(32)36-20-23(38-22(2)31)21-37-29-28(35)27(34)26(33)24(19-30)39-29/h1-9,12-21H2. The maximum Gasteiger partial charge on any atom is 0.575 e. The van der Waals surface area contributed by atoms with Crippen molar-refractivity contribution in [3.63, 3.8) is 0 Å². The zero-order valence-electron chi connectivity index (χ0n) is 22.5. The number of ketones is 2. The first-order valence-corrected chi connectivity index (χ1v) is 13.3. The molecule has 0 spiro atoms. The number of allylic oxidation sites excluding steroid dienone is 1. The molecule has 0 amide bonds. The van der Waals surface area contributed by atoms with Gasteiger partial charge in [0, 0.05) is 25.0 Å². The van der Waals surface area contributed by atoms with Crippen molar-refractivity contribution in [2.45, 2.75) is 89.9 Å². The highest BCUT2D eigenvalue weighted by atomic mass is 16.6. The Morgan fingerprint density at radius 2 is 1.56 bits per heavy atom. The second-order valence-corrected chi connectivity index (χ2v) is 8.90. The third-order valence-electron chi connectivity index (χ3n) is 5.57. The number of hydrogen-bond donors (Lipinski definition) is 0. The van der Waals surface area contributed by atoms with E-state index in [4.69, 9.17) is 18.6 Å². The average Bonchev–Trinajstić information content (AvgIpc) is 2.91. The van der Waals surface area contributed by atoms with Crippen LogP contribution in [0.2, 0.25) is 0 Å². The lowest BCUT2D eigenvalue weighted by Crippen LogP contribution is -2.41. The van der Waals surface area contributed by atoms with Crippen LogP contribution in [-0.2, 0) is 33.0 Å². The van der Waals surface area contributed by atoms with Crippen molar-refractivity contribution >= 4 is 23.5 Å². The molecular formula is C29H38O10. The number of carbonyl (C=O) groups is 3. The normalized spacial score (nSPS) is 14.0. The van der Waals surface area contributed by atoms with Crippen LogP contribution < -0.4 is 15.3 Å². The van der Waals surface area contributed by atoms with Crippen LogP contribution in [0.3, 0.4) is 0 Å². The molecule has 0 unspecified atom stereocenters. The SMILES string of the molecule is C=C([O-])O[C+](COC(=O)CCCCCCCC#CCCCCCCC[CH2+])C[O+]=C1OC(C[O-])=C([O-])C(=O)C1=O. The van der Waals surface area contributed by atoms with Gasteiger partial charge in [0.2, 0.25) is 11.5 Å². The van der Waals surface area contributed by atoms with Crippen LogP contribution >= 0.6 is 0 Å². The fraction of sp³-hybridized carbons (Fsp3) is 0.586. The van der Waals surface area contributed by atoms with E-state index in [9.17, 15) is 29.7 Å². The zero-order valence-corrected chi connectivity index (χ0v) is 22.5. The summed E-state index contributed by atoms with van der Waals surface area (Å²) in [6.45, 7) is 4.63. The Morgan fingerprint density at radius 1 is 0.974 bits per heavy atom. The molecule has 1 rings (SSSR count). The first-order chi connectivity index (χ1) is 18.8. The molecule has 214 valence electrons. The number of ether oxygens (including phenoxy) is 3. The van der Waals surface area contributed by atoms with Gasteiger partial charge in [-0.05, 0) is 38.7 Å². The van der Waals surface area contributed by atoms with Crippen molar-refractivity contribution in [2.24, 2.45) is 0 Å². The van der Waals surface area contributed by atoms with E-state index >= 15 is 0 Å². The van der Waals surface area contributed by atoms with Gasteiger partial charge >= 0.3 is 30.4 Å². The van der Waals surface area contributed by atoms with Crippen LogP contribution in [-0.4, -0.2) is 43.3 Å². The predicted octanol–water partition coefficient (Wildman–Crippen LogP) is 1.37. The molecule has 0 fully saturated rings. The lowest BCUT2D eigenvalue weighted by atomic mass is 10.1. The molecule has 0 saturated carbocycles. The summed E-state index contributed by atoms with van der Waals surface area (Å²) >= 11 is 0. The number of esters is 2. The van der Waals surface area contributed by atoms with E-state index in [-0.39, 0.29) is 12.5 Å². The fourth-order valence-corrected chi connectivity index (χ4v) is 3.47. The van der Waals surface area contributed by atoms with E-state index in [1.165, 1.54) is 25.7 Å². The number of unbranched alkanes of at least 4 members (excludes halogenated alkanes) is 11. The van der Waals surface area contributed by atoms with Crippen molar-refractivity contribution in [3.05, 3.63) is 37.1 Å². The van der Waals surface area contributed by atoms with Gasteiger partial charge in [-0.3, -0.25) is 23.5 Å². The van der Waals surface area contributed by atoms with E-state index in [1.807, 2.05) is 0 Å². The summed E-state index contributed by atoms with van der Waals surface area (Å²) in [6.07, 6.45) is 13.4. The van der Waals surface area contributed by atoms with Crippen LogP contribution in [0.4, 0.5) is 0 Å². The Labute approximate surface area is 230 Å². The number of carbonyl (C=O) groups excluding carboxylic acids is 4. The largest absolute Gasteiger partial charge is 0.866 e.